The van der Waals surface area contributed by atoms with Crippen molar-refractivity contribution in [3.05, 3.63) is 53.3 Å². The van der Waals surface area contributed by atoms with Crippen LogP contribution in [0.15, 0.2) is 47.6 Å². The van der Waals surface area contributed by atoms with Crippen molar-refractivity contribution >= 4 is 35.3 Å². The maximum absolute atomic E-state index is 12.7. The van der Waals surface area contributed by atoms with Gasteiger partial charge in [-0.1, -0.05) is 17.7 Å². The van der Waals surface area contributed by atoms with Gasteiger partial charge in [0.1, 0.15) is 16.0 Å². The molecule has 0 saturated carbocycles. The second-order valence-electron chi connectivity index (χ2n) is 9.11. The predicted octanol–water partition coefficient (Wildman–Crippen LogP) is 4.34. The van der Waals surface area contributed by atoms with Crippen LogP contribution in [-0.2, 0) is 0 Å². The summed E-state index contributed by atoms with van der Waals surface area (Å²) in [6, 6.07) is 10.7. The minimum absolute atomic E-state index is 0.0827. The van der Waals surface area contributed by atoms with Crippen LogP contribution in [0.5, 0.6) is 5.88 Å². The van der Waals surface area contributed by atoms with E-state index in [1.54, 1.807) is 24.4 Å². The molecule has 3 aromatic heterocycles. The Bertz CT molecular complexity index is 1170. The summed E-state index contributed by atoms with van der Waals surface area (Å²) in [5, 5.41) is 11.9. The second-order valence-corrected chi connectivity index (χ2v) is 10.3. The lowest BCUT2D eigenvalue weighted by atomic mass is 9.94. The van der Waals surface area contributed by atoms with E-state index in [0.717, 1.165) is 43.2 Å². The van der Waals surface area contributed by atoms with Crippen LogP contribution >= 0.6 is 23.5 Å². The molecule has 3 aromatic rings. The van der Waals surface area contributed by atoms with E-state index >= 15 is 0 Å². The van der Waals surface area contributed by atoms with Gasteiger partial charge in [0.05, 0.1) is 12.7 Å². The Kier molecular flexibility index (Phi) is 8.15. The molecule has 11 heteroatoms. The van der Waals surface area contributed by atoms with E-state index in [1.807, 2.05) is 18.2 Å². The average Bonchev–Trinajstić information content (AvgIpc) is 3.46. The Morgan fingerprint density at radius 3 is 2.86 bits per heavy atom. The molecule has 1 amide bonds. The highest BCUT2D eigenvalue weighted by Gasteiger charge is 2.29. The average molecular weight is 516 g/mol. The number of nitrogens with zero attached hydrogens (tertiary/aromatic N) is 4. The number of halogens is 1. The van der Waals surface area contributed by atoms with Crippen LogP contribution in [0.1, 0.15) is 43.5 Å². The van der Waals surface area contributed by atoms with Crippen molar-refractivity contribution in [3.8, 4) is 11.7 Å². The lowest BCUT2D eigenvalue weighted by Crippen LogP contribution is -2.31. The molecule has 0 spiro atoms. The van der Waals surface area contributed by atoms with Crippen LogP contribution in [-0.4, -0.2) is 51.4 Å². The molecule has 0 unspecified atom stereocenters. The van der Waals surface area contributed by atoms with Crippen molar-refractivity contribution < 1.29 is 9.53 Å². The fraction of sp³-hybridized carbons (Fsp3) is 0.417. The Morgan fingerprint density at radius 1 is 1.29 bits per heavy atom. The first-order chi connectivity index (χ1) is 16.8. The summed E-state index contributed by atoms with van der Waals surface area (Å²) in [5.74, 6) is 2.10. The third kappa shape index (κ3) is 6.87. The summed E-state index contributed by atoms with van der Waals surface area (Å²) in [6.45, 7) is 6.47. The van der Waals surface area contributed by atoms with Crippen LogP contribution in [0, 0.1) is 5.92 Å². The van der Waals surface area contributed by atoms with E-state index in [9.17, 15) is 4.79 Å². The largest absolute Gasteiger partial charge is 0.480 e. The van der Waals surface area contributed by atoms with Crippen LogP contribution in [0.25, 0.3) is 5.82 Å². The van der Waals surface area contributed by atoms with Crippen molar-refractivity contribution in [1.29, 1.82) is 0 Å². The van der Waals surface area contributed by atoms with E-state index in [1.165, 1.54) is 24.6 Å². The molecule has 4 heterocycles. The van der Waals surface area contributed by atoms with Crippen LogP contribution < -0.4 is 20.1 Å². The fourth-order valence-electron chi connectivity index (χ4n) is 4.09. The lowest BCUT2D eigenvalue weighted by molar-refractivity contribution is 0.0984. The van der Waals surface area contributed by atoms with Crippen molar-refractivity contribution in [1.82, 2.24) is 29.8 Å². The van der Waals surface area contributed by atoms with Gasteiger partial charge in [0, 0.05) is 36.3 Å². The number of anilines is 1. The highest BCUT2D eigenvalue weighted by molar-refractivity contribution is 7.97. The van der Waals surface area contributed by atoms with E-state index < -0.39 is 0 Å². The van der Waals surface area contributed by atoms with Crippen molar-refractivity contribution in [2.45, 2.75) is 43.7 Å². The Balaban J connectivity index is 1.26. The molecular formula is C24H30ClN7O2S. The third-order valence-electron chi connectivity index (χ3n) is 5.82. The van der Waals surface area contributed by atoms with E-state index in [2.05, 4.69) is 44.3 Å². The number of pyridine rings is 2. The van der Waals surface area contributed by atoms with Gasteiger partial charge in [0.25, 0.3) is 5.91 Å². The summed E-state index contributed by atoms with van der Waals surface area (Å²) in [5.41, 5.74) is 0.521. The molecule has 0 radical (unpaired) electrons. The Labute approximate surface area is 214 Å². The van der Waals surface area contributed by atoms with Gasteiger partial charge < -0.3 is 15.4 Å². The predicted molar refractivity (Wildman–Crippen MR) is 138 cm³/mol. The summed E-state index contributed by atoms with van der Waals surface area (Å²) < 4.78 is 9.38. The summed E-state index contributed by atoms with van der Waals surface area (Å²) >= 11 is 7.41. The topological polar surface area (TPSA) is 106 Å². The first-order valence-corrected chi connectivity index (χ1v) is 12.7. The maximum Gasteiger partial charge on any atom is 0.264 e. The molecule has 186 valence electrons. The zero-order chi connectivity index (χ0) is 24.8. The lowest BCUT2D eigenvalue weighted by Gasteiger charge is -2.17. The number of amides is 1. The Hall–Kier alpha value is -2.82. The van der Waals surface area contributed by atoms with Gasteiger partial charge in [-0.2, -0.15) is 0 Å². The molecule has 1 atom stereocenters. The number of rotatable bonds is 10. The molecule has 0 bridgehead atoms. The van der Waals surface area contributed by atoms with Gasteiger partial charge >= 0.3 is 0 Å². The van der Waals surface area contributed by atoms with E-state index in [0.29, 0.717) is 16.7 Å². The standard InChI is InChI=1S/C24H30ClN7O2S/c1-24(2)14-16(15-27-24)6-5-12-26-18-7-4-8-21(28-18)35-31-23(33)17-9-10-19(29-22(17)25)32-13-11-20(30-32)34-3/h4,7-11,13,16,27H,5-6,12,14-15H2,1-3H3,(H,26,28)(H,31,33)/t16-/m1/s1. The number of hydrogen-bond donors (Lipinski definition) is 3. The van der Waals surface area contributed by atoms with Crippen LogP contribution in [0.2, 0.25) is 5.15 Å². The quantitative estimate of drug-likeness (QED) is 0.208. The highest BCUT2D eigenvalue weighted by Crippen LogP contribution is 2.26. The van der Waals surface area contributed by atoms with Crippen molar-refractivity contribution in [2.75, 3.05) is 25.5 Å². The molecule has 35 heavy (non-hydrogen) atoms. The van der Waals surface area contributed by atoms with E-state index in [4.69, 9.17) is 16.3 Å². The van der Waals surface area contributed by atoms with Gasteiger partial charge in [-0.05, 0) is 69.8 Å². The molecule has 1 aliphatic rings. The zero-order valence-corrected chi connectivity index (χ0v) is 21.6. The number of nitrogens with one attached hydrogen (secondary N) is 3. The first-order valence-electron chi connectivity index (χ1n) is 11.5. The molecular weight excluding hydrogens is 486 g/mol. The number of carbonyl (C=O) groups is 1. The van der Waals surface area contributed by atoms with E-state index in [-0.39, 0.29) is 22.2 Å². The monoisotopic (exact) mass is 515 g/mol. The normalized spacial score (nSPS) is 16.7. The first kappa shape index (κ1) is 25.3. The molecule has 9 nitrogen and oxygen atoms in total. The summed E-state index contributed by atoms with van der Waals surface area (Å²) in [4.78, 5) is 21.5. The number of ether oxygens (including phenoxy) is 1. The minimum Gasteiger partial charge on any atom is -0.480 e. The van der Waals surface area contributed by atoms with Crippen molar-refractivity contribution in [3.63, 3.8) is 0 Å². The van der Waals surface area contributed by atoms with Gasteiger partial charge in [-0.25, -0.2) is 14.6 Å². The molecule has 0 aliphatic carbocycles. The molecule has 1 fully saturated rings. The van der Waals surface area contributed by atoms with Gasteiger partial charge in [-0.3, -0.25) is 9.52 Å². The number of methoxy groups -OCH3 is 1. The summed E-state index contributed by atoms with van der Waals surface area (Å²) in [7, 11) is 1.54. The highest BCUT2D eigenvalue weighted by atomic mass is 35.5. The SMILES string of the molecule is COc1ccn(-c2ccc(C(=O)NSc3cccc(NCCC[C@H]4CNC(C)(C)C4)n3)c(Cl)n2)n1. The van der Waals surface area contributed by atoms with Crippen molar-refractivity contribution in [2.24, 2.45) is 5.92 Å². The fourth-order valence-corrected chi connectivity index (χ4v) is 4.92. The Morgan fingerprint density at radius 2 is 2.14 bits per heavy atom. The summed E-state index contributed by atoms with van der Waals surface area (Å²) in [6.07, 6.45) is 5.20. The minimum atomic E-state index is -0.356. The second kappa shape index (κ2) is 11.3. The number of hydrogen-bond acceptors (Lipinski definition) is 8. The molecule has 3 N–H and O–H groups in total. The molecule has 1 aliphatic heterocycles. The van der Waals surface area contributed by atoms with Gasteiger partial charge in [0.15, 0.2) is 5.82 Å². The smallest absolute Gasteiger partial charge is 0.264 e. The number of carbonyl (C=O) groups excluding carboxylic acids is 1. The van der Waals surface area contributed by atoms with Crippen LogP contribution in [0.4, 0.5) is 5.82 Å². The van der Waals surface area contributed by atoms with Gasteiger partial charge in [-0.15, -0.1) is 5.10 Å². The zero-order valence-electron chi connectivity index (χ0n) is 20.0. The van der Waals surface area contributed by atoms with Gasteiger partial charge in [0.2, 0.25) is 5.88 Å². The molecule has 4 rings (SSSR count). The molecule has 1 saturated heterocycles. The van der Waals surface area contributed by atoms with Crippen LogP contribution in [0.3, 0.4) is 0 Å². The molecule has 0 aromatic carbocycles. The maximum atomic E-state index is 12.7. The number of aromatic nitrogens is 4. The third-order valence-corrected chi connectivity index (χ3v) is 6.83.